The smallest absolute Gasteiger partial charge is 0.360 e. The van der Waals surface area contributed by atoms with Gasteiger partial charge < -0.3 is 9.84 Å². The van der Waals surface area contributed by atoms with Gasteiger partial charge in [0.15, 0.2) is 0 Å². The van der Waals surface area contributed by atoms with Gasteiger partial charge in [0, 0.05) is 12.4 Å². The van der Waals surface area contributed by atoms with Crippen LogP contribution >= 0.6 is 0 Å². The Hall–Kier alpha value is -3.10. The van der Waals surface area contributed by atoms with E-state index in [1.807, 2.05) is 0 Å². The molecule has 8 nitrogen and oxygen atoms in total. The number of benzene rings is 1. The molecule has 0 amide bonds. The van der Waals surface area contributed by atoms with Crippen LogP contribution in [0.3, 0.4) is 0 Å². The summed E-state index contributed by atoms with van der Waals surface area (Å²) in [6.07, 6.45) is 2.30. The highest BCUT2D eigenvalue weighted by Gasteiger charge is 2.21. The van der Waals surface area contributed by atoms with Gasteiger partial charge in [-0.3, -0.25) is 10.1 Å². The van der Waals surface area contributed by atoms with Crippen LogP contribution in [0, 0.1) is 15.9 Å². The number of nitro groups is 1. The van der Waals surface area contributed by atoms with Crippen molar-refractivity contribution in [3.05, 3.63) is 52.2 Å². The largest absolute Gasteiger partial charge is 0.476 e. The van der Waals surface area contributed by atoms with Gasteiger partial charge >= 0.3 is 11.7 Å². The number of hydrogen-bond donors (Lipinski definition) is 1. The van der Waals surface area contributed by atoms with Crippen LogP contribution in [-0.2, 0) is 0 Å². The first kappa shape index (κ1) is 13.3. The fourth-order valence-corrected chi connectivity index (χ4v) is 1.37. The molecule has 0 spiro atoms. The van der Waals surface area contributed by atoms with E-state index in [1.165, 1.54) is 0 Å². The van der Waals surface area contributed by atoms with Gasteiger partial charge in [0.05, 0.1) is 11.0 Å². The van der Waals surface area contributed by atoms with Crippen LogP contribution in [0.1, 0.15) is 10.5 Å². The fraction of sp³-hybridized carbons (Fsp3) is 0. The lowest BCUT2D eigenvalue weighted by molar-refractivity contribution is -0.385. The van der Waals surface area contributed by atoms with Gasteiger partial charge in [0.25, 0.3) is 5.88 Å². The van der Waals surface area contributed by atoms with Crippen LogP contribution in [0.5, 0.6) is 11.6 Å². The normalized spacial score (nSPS) is 10.1. The number of aromatic nitrogens is 2. The van der Waals surface area contributed by atoms with Crippen LogP contribution in [0.2, 0.25) is 0 Å². The van der Waals surface area contributed by atoms with E-state index in [0.29, 0.717) is 6.07 Å². The molecule has 0 saturated carbocycles. The monoisotopic (exact) mass is 279 g/mol. The van der Waals surface area contributed by atoms with Crippen molar-refractivity contribution in [2.75, 3.05) is 0 Å². The zero-order chi connectivity index (χ0) is 14.7. The molecule has 0 aliphatic heterocycles. The summed E-state index contributed by atoms with van der Waals surface area (Å²) in [5, 5.41) is 19.7. The second-order valence-corrected chi connectivity index (χ2v) is 3.49. The van der Waals surface area contributed by atoms with Crippen molar-refractivity contribution in [2.24, 2.45) is 0 Å². The maximum atomic E-state index is 13.0. The van der Waals surface area contributed by atoms with E-state index in [-0.39, 0.29) is 5.75 Å². The minimum atomic E-state index is -1.40. The van der Waals surface area contributed by atoms with Crippen molar-refractivity contribution in [1.29, 1.82) is 0 Å². The predicted octanol–water partition coefficient (Wildman–Crippen LogP) is 2.01. The Morgan fingerprint density at radius 1 is 1.35 bits per heavy atom. The first-order valence-electron chi connectivity index (χ1n) is 5.15. The summed E-state index contributed by atoms with van der Waals surface area (Å²) in [7, 11) is 0. The summed E-state index contributed by atoms with van der Waals surface area (Å²) < 4.78 is 18.0. The van der Waals surface area contributed by atoms with Crippen molar-refractivity contribution in [2.45, 2.75) is 0 Å². The minimum absolute atomic E-state index is 0.334. The molecule has 1 heterocycles. The average Bonchev–Trinajstić information content (AvgIpc) is 2.41. The van der Waals surface area contributed by atoms with Gasteiger partial charge in [0.2, 0.25) is 11.4 Å². The molecule has 0 bridgehead atoms. The van der Waals surface area contributed by atoms with E-state index < -0.39 is 34.0 Å². The Balaban J connectivity index is 2.45. The van der Waals surface area contributed by atoms with Crippen LogP contribution in [0.15, 0.2) is 30.6 Å². The van der Waals surface area contributed by atoms with Crippen molar-refractivity contribution in [1.82, 2.24) is 9.97 Å². The molecular formula is C11H6FN3O5. The number of aromatic carboxylic acids is 1. The number of hydrogen-bond acceptors (Lipinski definition) is 6. The van der Waals surface area contributed by atoms with Crippen molar-refractivity contribution < 1.29 is 24.0 Å². The second-order valence-electron chi connectivity index (χ2n) is 3.49. The van der Waals surface area contributed by atoms with Crippen molar-refractivity contribution >= 4 is 11.7 Å². The number of carbonyl (C=O) groups is 1. The highest BCUT2D eigenvalue weighted by molar-refractivity contribution is 5.87. The van der Waals surface area contributed by atoms with E-state index in [1.54, 1.807) is 0 Å². The summed E-state index contributed by atoms with van der Waals surface area (Å²) in [6.45, 7) is 0. The first-order valence-corrected chi connectivity index (χ1v) is 5.15. The quantitative estimate of drug-likeness (QED) is 0.672. The molecule has 0 saturated heterocycles. The maximum Gasteiger partial charge on any atom is 0.360 e. The Kier molecular flexibility index (Phi) is 3.51. The number of halogens is 1. The predicted molar refractivity (Wildman–Crippen MR) is 62.1 cm³/mol. The van der Waals surface area contributed by atoms with Crippen LogP contribution in [0.25, 0.3) is 0 Å². The first-order chi connectivity index (χ1) is 9.49. The molecule has 2 aromatic rings. The second kappa shape index (κ2) is 5.26. The van der Waals surface area contributed by atoms with Gasteiger partial charge in [0.1, 0.15) is 5.82 Å². The molecular weight excluding hydrogens is 273 g/mol. The van der Waals surface area contributed by atoms with Crippen LogP contribution in [-0.4, -0.2) is 26.0 Å². The topological polar surface area (TPSA) is 115 Å². The molecule has 20 heavy (non-hydrogen) atoms. The van der Waals surface area contributed by atoms with E-state index in [0.717, 1.165) is 24.5 Å². The zero-order valence-corrected chi connectivity index (χ0v) is 9.69. The van der Waals surface area contributed by atoms with E-state index in [4.69, 9.17) is 9.84 Å². The van der Waals surface area contributed by atoms with Crippen LogP contribution < -0.4 is 4.74 Å². The SMILES string of the molecule is O=C(O)c1nccnc1Oc1ccc(F)cc1[N+](=O)[O-]. The molecule has 102 valence electrons. The molecule has 0 aliphatic rings. The Morgan fingerprint density at radius 2 is 2.05 bits per heavy atom. The number of carboxylic acid groups (broad SMARTS) is 1. The third-order valence-electron chi connectivity index (χ3n) is 2.19. The molecule has 0 aliphatic carbocycles. The summed E-state index contributed by atoms with van der Waals surface area (Å²) in [5.41, 5.74) is -1.15. The van der Waals surface area contributed by atoms with Gasteiger partial charge in [-0.25, -0.2) is 19.2 Å². The summed E-state index contributed by atoms with van der Waals surface area (Å²) in [5.74, 6) is -2.98. The Bertz CT molecular complexity index is 692. The van der Waals surface area contributed by atoms with Crippen molar-refractivity contribution in [3.63, 3.8) is 0 Å². The van der Waals surface area contributed by atoms with Gasteiger partial charge in [-0.2, -0.15) is 0 Å². The molecule has 1 aromatic heterocycles. The third-order valence-corrected chi connectivity index (χ3v) is 2.19. The van der Waals surface area contributed by atoms with E-state index >= 15 is 0 Å². The molecule has 0 atom stereocenters. The summed E-state index contributed by atoms with van der Waals surface area (Å²) in [6, 6.07) is 2.61. The zero-order valence-electron chi connectivity index (χ0n) is 9.69. The van der Waals surface area contributed by atoms with Crippen molar-refractivity contribution in [3.8, 4) is 11.6 Å². The fourth-order valence-electron chi connectivity index (χ4n) is 1.37. The molecule has 0 fully saturated rings. The van der Waals surface area contributed by atoms with Gasteiger partial charge in [-0.05, 0) is 12.1 Å². The Morgan fingerprint density at radius 3 is 2.70 bits per heavy atom. The molecule has 0 radical (unpaired) electrons. The lowest BCUT2D eigenvalue weighted by atomic mass is 10.3. The Labute approximate surface area is 110 Å². The minimum Gasteiger partial charge on any atom is -0.476 e. The lowest BCUT2D eigenvalue weighted by Crippen LogP contribution is -2.05. The molecule has 0 unspecified atom stereocenters. The molecule has 1 N–H and O–H groups in total. The number of rotatable bonds is 4. The molecule has 1 aromatic carbocycles. The molecule has 2 rings (SSSR count). The maximum absolute atomic E-state index is 13.0. The molecule has 9 heteroatoms. The highest BCUT2D eigenvalue weighted by atomic mass is 19.1. The number of nitrogens with zero attached hydrogens (tertiary/aromatic N) is 3. The number of nitro benzene ring substituents is 1. The average molecular weight is 279 g/mol. The van der Waals surface area contributed by atoms with Gasteiger partial charge in [-0.1, -0.05) is 0 Å². The highest BCUT2D eigenvalue weighted by Crippen LogP contribution is 2.31. The third kappa shape index (κ3) is 2.66. The van der Waals surface area contributed by atoms with E-state index in [2.05, 4.69) is 9.97 Å². The summed E-state index contributed by atoms with van der Waals surface area (Å²) >= 11 is 0. The van der Waals surface area contributed by atoms with E-state index in [9.17, 15) is 19.3 Å². The number of carboxylic acids is 1. The lowest BCUT2D eigenvalue weighted by Gasteiger charge is -2.06. The summed E-state index contributed by atoms with van der Waals surface area (Å²) in [4.78, 5) is 28.0. The number of ether oxygens (including phenoxy) is 1. The van der Waals surface area contributed by atoms with Gasteiger partial charge in [-0.15, -0.1) is 0 Å². The van der Waals surface area contributed by atoms with Crippen LogP contribution in [0.4, 0.5) is 10.1 Å². The standard InChI is InChI=1S/C11H6FN3O5/c12-6-1-2-8(7(5-6)15(18)19)20-10-9(11(16)17)13-3-4-14-10/h1-5H,(H,16,17).